The van der Waals surface area contributed by atoms with E-state index in [1.54, 1.807) is 0 Å². The van der Waals surface area contributed by atoms with Gasteiger partial charge in [-0.3, -0.25) is 0 Å². The normalized spacial score (nSPS) is 25.1. The predicted molar refractivity (Wildman–Crippen MR) is 77.4 cm³/mol. The summed E-state index contributed by atoms with van der Waals surface area (Å²) in [4.78, 5) is 0. The third-order valence-electron chi connectivity index (χ3n) is 3.38. The number of hydrogen-bond acceptors (Lipinski definition) is 2. The molecule has 1 heterocycles. The fourth-order valence-electron chi connectivity index (χ4n) is 2.39. The molecule has 2 nitrogen and oxygen atoms in total. The first kappa shape index (κ1) is 14.2. The predicted octanol–water partition coefficient (Wildman–Crippen LogP) is 4.55. The fourth-order valence-corrected chi connectivity index (χ4v) is 3.27. The number of hydrogen-bond donors (Lipinski definition) is 0. The third kappa shape index (κ3) is 3.01. The van der Waals surface area contributed by atoms with Crippen molar-refractivity contribution in [3.63, 3.8) is 0 Å². The van der Waals surface area contributed by atoms with Gasteiger partial charge in [-0.2, -0.15) is 0 Å². The van der Waals surface area contributed by atoms with Crippen molar-refractivity contribution < 1.29 is 9.47 Å². The summed E-state index contributed by atoms with van der Waals surface area (Å²) in [6.07, 6.45) is 1.22. The lowest BCUT2D eigenvalue weighted by Gasteiger charge is -2.22. The monoisotopic (exact) mass is 332 g/mol. The maximum Gasteiger partial charge on any atom is 0.124 e. The molecule has 1 fully saturated rings. The van der Waals surface area contributed by atoms with Crippen molar-refractivity contribution >= 4 is 27.5 Å². The number of ether oxygens (including phenoxy) is 2. The highest BCUT2D eigenvalue weighted by molar-refractivity contribution is 9.10. The van der Waals surface area contributed by atoms with Crippen LogP contribution >= 0.6 is 27.5 Å². The molecular weight excluding hydrogens is 316 g/mol. The molecule has 0 saturated carbocycles. The maximum atomic E-state index is 6.64. The van der Waals surface area contributed by atoms with Crippen LogP contribution in [0.1, 0.15) is 31.2 Å². The molecule has 0 spiro atoms. The lowest BCUT2D eigenvalue weighted by Crippen LogP contribution is -2.17. The van der Waals surface area contributed by atoms with Gasteiger partial charge in [-0.05, 0) is 38.5 Å². The minimum absolute atomic E-state index is 0.0680. The van der Waals surface area contributed by atoms with Gasteiger partial charge in [0.15, 0.2) is 0 Å². The van der Waals surface area contributed by atoms with Crippen molar-refractivity contribution in [2.24, 2.45) is 5.92 Å². The Bertz CT molecular complexity index is 411. The minimum atomic E-state index is -0.0680. The quantitative estimate of drug-likeness (QED) is 0.752. The molecule has 0 bridgehead atoms. The van der Waals surface area contributed by atoms with Crippen molar-refractivity contribution in [3.8, 4) is 5.75 Å². The van der Waals surface area contributed by atoms with Gasteiger partial charge >= 0.3 is 0 Å². The van der Waals surface area contributed by atoms with E-state index in [0.717, 1.165) is 28.8 Å². The molecule has 0 amide bonds. The van der Waals surface area contributed by atoms with E-state index >= 15 is 0 Å². The van der Waals surface area contributed by atoms with Crippen molar-refractivity contribution in [2.45, 2.75) is 31.7 Å². The summed E-state index contributed by atoms with van der Waals surface area (Å²) in [5.74, 6) is 1.22. The highest BCUT2D eigenvalue weighted by atomic mass is 79.9. The van der Waals surface area contributed by atoms with Crippen LogP contribution in [0.15, 0.2) is 22.7 Å². The summed E-state index contributed by atoms with van der Waals surface area (Å²) in [7, 11) is 0. The Labute approximate surface area is 122 Å². The average molecular weight is 334 g/mol. The third-order valence-corrected chi connectivity index (χ3v) is 4.43. The largest absolute Gasteiger partial charge is 0.494 e. The number of halogens is 2. The molecule has 1 aliphatic heterocycles. The van der Waals surface area contributed by atoms with E-state index in [4.69, 9.17) is 21.1 Å². The Morgan fingerprint density at radius 3 is 2.94 bits per heavy atom. The Hall–Kier alpha value is -0.250. The lowest BCUT2D eigenvalue weighted by atomic mass is 9.93. The SMILES string of the molecule is CCOc1ccc(Br)cc1C(Cl)C1CCOC1C. The Morgan fingerprint density at radius 2 is 2.33 bits per heavy atom. The van der Waals surface area contributed by atoms with E-state index in [1.807, 2.05) is 25.1 Å². The fraction of sp³-hybridized carbons (Fsp3) is 0.571. The Balaban J connectivity index is 2.27. The second-order valence-electron chi connectivity index (χ2n) is 4.55. The van der Waals surface area contributed by atoms with E-state index in [2.05, 4.69) is 22.9 Å². The molecule has 1 aromatic rings. The zero-order valence-electron chi connectivity index (χ0n) is 10.7. The summed E-state index contributed by atoms with van der Waals surface area (Å²) in [5, 5.41) is -0.0680. The zero-order valence-corrected chi connectivity index (χ0v) is 13.0. The van der Waals surface area contributed by atoms with Gasteiger partial charge < -0.3 is 9.47 Å². The Kier molecular flexibility index (Phi) is 4.93. The van der Waals surface area contributed by atoms with E-state index in [9.17, 15) is 0 Å². The molecule has 1 aromatic carbocycles. The highest BCUT2D eigenvalue weighted by Crippen LogP contribution is 2.42. The summed E-state index contributed by atoms with van der Waals surface area (Å²) in [6, 6.07) is 6.00. The summed E-state index contributed by atoms with van der Waals surface area (Å²) >= 11 is 10.1. The van der Waals surface area contributed by atoms with Crippen LogP contribution in [0.3, 0.4) is 0 Å². The van der Waals surface area contributed by atoms with Gasteiger partial charge in [0.2, 0.25) is 0 Å². The van der Waals surface area contributed by atoms with Crippen LogP contribution in [0.25, 0.3) is 0 Å². The van der Waals surface area contributed by atoms with E-state index < -0.39 is 0 Å². The molecule has 4 heteroatoms. The van der Waals surface area contributed by atoms with Crippen LogP contribution in [-0.4, -0.2) is 19.3 Å². The van der Waals surface area contributed by atoms with Gasteiger partial charge in [-0.25, -0.2) is 0 Å². The molecule has 0 N–H and O–H groups in total. The van der Waals surface area contributed by atoms with Crippen LogP contribution in [0.5, 0.6) is 5.75 Å². The lowest BCUT2D eigenvalue weighted by molar-refractivity contribution is 0.104. The minimum Gasteiger partial charge on any atom is -0.494 e. The van der Waals surface area contributed by atoms with E-state index in [1.165, 1.54) is 0 Å². The maximum absolute atomic E-state index is 6.64. The van der Waals surface area contributed by atoms with E-state index in [-0.39, 0.29) is 11.5 Å². The number of alkyl halides is 1. The highest BCUT2D eigenvalue weighted by Gasteiger charge is 2.33. The van der Waals surface area contributed by atoms with Crippen molar-refractivity contribution in [3.05, 3.63) is 28.2 Å². The smallest absolute Gasteiger partial charge is 0.124 e. The van der Waals surface area contributed by atoms with E-state index in [0.29, 0.717) is 12.5 Å². The molecule has 1 saturated heterocycles. The second kappa shape index (κ2) is 6.27. The molecule has 100 valence electrons. The van der Waals surface area contributed by atoms with Crippen LogP contribution in [-0.2, 0) is 4.74 Å². The summed E-state index contributed by atoms with van der Waals surface area (Å²) in [6.45, 7) is 5.52. The van der Waals surface area contributed by atoms with Gasteiger partial charge in [0.25, 0.3) is 0 Å². The van der Waals surface area contributed by atoms with Gasteiger partial charge in [-0.15, -0.1) is 11.6 Å². The molecule has 0 radical (unpaired) electrons. The second-order valence-corrected chi connectivity index (χ2v) is 5.93. The topological polar surface area (TPSA) is 18.5 Å². The van der Waals surface area contributed by atoms with Crippen LogP contribution in [0.2, 0.25) is 0 Å². The van der Waals surface area contributed by atoms with Crippen molar-refractivity contribution in [1.82, 2.24) is 0 Å². The van der Waals surface area contributed by atoms with Gasteiger partial charge in [-0.1, -0.05) is 15.9 Å². The molecule has 2 rings (SSSR count). The molecule has 18 heavy (non-hydrogen) atoms. The number of benzene rings is 1. The van der Waals surface area contributed by atoms with Gasteiger partial charge in [0.1, 0.15) is 5.75 Å². The molecule has 0 aromatic heterocycles. The average Bonchev–Trinajstić information content (AvgIpc) is 2.77. The number of rotatable bonds is 4. The first-order valence-corrected chi connectivity index (χ1v) is 7.54. The van der Waals surface area contributed by atoms with Gasteiger partial charge in [0.05, 0.1) is 18.1 Å². The standard InChI is InChI=1S/C14H18BrClO2/c1-3-17-13-5-4-10(15)8-12(13)14(16)11-6-7-18-9(11)2/h4-5,8-9,11,14H,3,6-7H2,1-2H3. The molecule has 3 unspecified atom stereocenters. The summed E-state index contributed by atoms with van der Waals surface area (Å²) in [5.41, 5.74) is 1.05. The summed E-state index contributed by atoms with van der Waals surface area (Å²) < 4.78 is 12.3. The van der Waals surface area contributed by atoms with Crippen molar-refractivity contribution in [2.75, 3.05) is 13.2 Å². The van der Waals surface area contributed by atoms with Crippen LogP contribution in [0.4, 0.5) is 0 Å². The van der Waals surface area contributed by atoms with Crippen LogP contribution in [0, 0.1) is 5.92 Å². The van der Waals surface area contributed by atoms with Gasteiger partial charge in [0, 0.05) is 22.6 Å². The van der Waals surface area contributed by atoms with Crippen LogP contribution < -0.4 is 4.74 Å². The molecule has 1 aliphatic rings. The first-order chi connectivity index (χ1) is 8.63. The first-order valence-electron chi connectivity index (χ1n) is 6.31. The van der Waals surface area contributed by atoms with Crippen molar-refractivity contribution in [1.29, 1.82) is 0 Å². The molecule has 3 atom stereocenters. The molecular formula is C14H18BrClO2. The zero-order chi connectivity index (χ0) is 13.1. The molecule has 0 aliphatic carbocycles. The Morgan fingerprint density at radius 1 is 1.56 bits per heavy atom.